The number of rotatable bonds is 4. The van der Waals surface area contributed by atoms with Crippen LogP contribution in [0.2, 0.25) is 0 Å². The van der Waals surface area contributed by atoms with E-state index in [0.29, 0.717) is 29.0 Å². The molecule has 8 heteroatoms. The van der Waals surface area contributed by atoms with Crippen LogP contribution >= 0.6 is 22.7 Å². The molecule has 0 spiro atoms. The third-order valence-electron chi connectivity index (χ3n) is 2.93. The lowest BCUT2D eigenvalue weighted by Crippen LogP contribution is -2.31. The Morgan fingerprint density at radius 2 is 2.29 bits per heavy atom. The highest BCUT2D eigenvalue weighted by molar-refractivity contribution is 7.17. The van der Waals surface area contributed by atoms with Crippen molar-refractivity contribution in [2.45, 2.75) is 13.5 Å². The lowest BCUT2D eigenvalue weighted by Gasteiger charge is -2.06. The number of nitrogens with zero attached hydrogens (tertiary/aromatic N) is 3. The predicted molar refractivity (Wildman–Crippen MR) is 83.1 cm³/mol. The number of aromatic nitrogens is 3. The molecule has 0 aliphatic rings. The fourth-order valence-corrected chi connectivity index (χ4v) is 3.27. The molecule has 3 heterocycles. The van der Waals surface area contributed by atoms with Gasteiger partial charge >= 0.3 is 0 Å². The zero-order valence-corrected chi connectivity index (χ0v) is 12.8. The summed E-state index contributed by atoms with van der Waals surface area (Å²) in [4.78, 5) is 32.3. The largest absolute Gasteiger partial charge is 0.349 e. The summed E-state index contributed by atoms with van der Waals surface area (Å²) in [6.07, 6.45) is 1.51. The molecule has 0 unspecified atom stereocenters. The van der Waals surface area contributed by atoms with Crippen LogP contribution in [0.4, 0.5) is 0 Å². The lowest BCUT2D eigenvalue weighted by molar-refractivity contribution is 0.0947. The Balaban J connectivity index is 1.65. The molecule has 3 aromatic heterocycles. The first-order valence-electron chi connectivity index (χ1n) is 6.28. The van der Waals surface area contributed by atoms with Crippen molar-refractivity contribution in [1.29, 1.82) is 0 Å². The lowest BCUT2D eigenvalue weighted by atomic mass is 10.4. The maximum Gasteiger partial charge on any atom is 0.271 e. The fraction of sp³-hybridized carbons (Fsp3) is 0.231. The van der Waals surface area contributed by atoms with Gasteiger partial charge < -0.3 is 5.32 Å². The third kappa shape index (κ3) is 2.86. The molecule has 0 aromatic carbocycles. The Labute approximate surface area is 128 Å². The van der Waals surface area contributed by atoms with Gasteiger partial charge in [0.25, 0.3) is 11.5 Å². The van der Waals surface area contributed by atoms with Crippen LogP contribution in [0.5, 0.6) is 0 Å². The number of carbonyl (C=O) groups excluding carboxylic acids is 1. The number of hydrogen-bond acceptors (Lipinski definition) is 6. The minimum Gasteiger partial charge on any atom is -0.349 e. The van der Waals surface area contributed by atoms with E-state index in [9.17, 15) is 9.59 Å². The summed E-state index contributed by atoms with van der Waals surface area (Å²) in [5.41, 5.74) is 1.05. The van der Waals surface area contributed by atoms with Crippen LogP contribution in [0.3, 0.4) is 0 Å². The molecule has 6 nitrogen and oxygen atoms in total. The number of fused-ring (bicyclic) bond motifs is 1. The van der Waals surface area contributed by atoms with Crippen molar-refractivity contribution in [3.63, 3.8) is 0 Å². The molecule has 0 saturated carbocycles. The van der Waals surface area contributed by atoms with Crippen LogP contribution < -0.4 is 10.9 Å². The standard InChI is InChI=1S/C13H12N4O2S2/c1-8-16-10(6-21-8)12(18)14-3-4-17-7-15-9-2-5-20-11(9)13(17)19/h2,5-7H,3-4H2,1H3,(H,14,18). The van der Waals surface area contributed by atoms with E-state index in [0.717, 1.165) is 5.01 Å². The number of hydrogen-bond donors (Lipinski definition) is 1. The summed E-state index contributed by atoms with van der Waals surface area (Å²) < 4.78 is 2.14. The molecule has 21 heavy (non-hydrogen) atoms. The van der Waals surface area contributed by atoms with E-state index in [4.69, 9.17) is 0 Å². The van der Waals surface area contributed by atoms with Gasteiger partial charge in [-0.1, -0.05) is 0 Å². The SMILES string of the molecule is Cc1nc(C(=O)NCCn2cnc3ccsc3c2=O)cs1. The molecule has 3 aromatic rings. The van der Waals surface area contributed by atoms with Crippen LogP contribution in [0.25, 0.3) is 10.2 Å². The van der Waals surface area contributed by atoms with Crippen molar-refractivity contribution in [3.8, 4) is 0 Å². The van der Waals surface area contributed by atoms with Gasteiger partial charge in [-0.2, -0.15) is 0 Å². The minimum atomic E-state index is -0.224. The van der Waals surface area contributed by atoms with E-state index >= 15 is 0 Å². The maximum absolute atomic E-state index is 12.1. The van der Waals surface area contributed by atoms with E-state index in [-0.39, 0.29) is 11.5 Å². The van der Waals surface area contributed by atoms with E-state index in [1.165, 1.54) is 33.6 Å². The average molecular weight is 320 g/mol. The number of nitrogens with one attached hydrogen (secondary N) is 1. The van der Waals surface area contributed by atoms with Crippen molar-refractivity contribution in [1.82, 2.24) is 19.9 Å². The first kappa shape index (κ1) is 13.9. The van der Waals surface area contributed by atoms with Crippen LogP contribution in [0.1, 0.15) is 15.5 Å². The Kier molecular flexibility index (Phi) is 3.80. The van der Waals surface area contributed by atoms with Crippen LogP contribution in [-0.4, -0.2) is 27.0 Å². The second kappa shape index (κ2) is 5.74. The predicted octanol–water partition coefficient (Wildman–Crippen LogP) is 1.65. The smallest absolute Gasteiger partial charge is 0.271 e. The number of carbonyl (C=O) groups is 1. The summed E-state index contributed by atoms with van der Waals surface area (Å²) in [5.74, 6) is -0.224. The van der Waals surface area contributed by atoms with Crippen molar-refractivity contribution >= 4 is 38.8 Å². The minimum absolute atomic E-state index is 0.0752. The number of thiophene rings is 1. The van der Waals surface area contributed by atoms with Gasteiger partial charge in [0, 0.05) is 18.5 Å². The van der Waals surface area contributed by atoms with Gasteiger partial charge in [-0.25, -0.2) is 9.97 Å². The van der Waals surface area contributed by atoms with Gasteiger partial charge in [-0.05, 0) is 18.4 Å². The third-order valence-corrected chi connectivity index (χ3v) is 4.59. The Hall–Kier alpha value is -2.06. The average Bonchev–Trinajstić information content (AvgIpc) is 3.10. The first-order valence-corrected chi connectivity index (χ1v) is 8.04. The molecular weight excluding hydrogens is 308 g/mol. The zero-order valence-electron chi connectivity index (χ0n) is 11.2. The van der Waals surface area contributed by atoms with Crippen molar-refractivity contribution in [3.05, 3.63) is 44.2 Å². The molecule has 0 aliphatic carbocycles. The monoisotopic (exact) mass is 320 g/mol. The quantitative estimate of drug-likeness (QED) is 0.793. The number of amides is 1. The number of aryl methyl sites for hydroxylation is 1. The van der Waals surface area contributed by atoms with Crippen molar-refractivity contribution < 1.29 is 4.79 Å². The summed E-state index contributed by atoms with van der Waals surface area (Å²) in [6.45, 7) is 2.59. The molecule has 1 amide bonds. The number of thiazole rings is 1. The summed E-state index contributed by atoms with van der Waals surface area (Å²) in [7, 11) is 0. The molecule has 0 radical (unpaired) electrons. The highest BCUT2D eigenvalue weighted by atomic mass is 32.1. The van der Waals surface area contributed by atoms with E-state index in [1.54, 1.807) is 5.38 Å². The molecule has 0 saturated heterocycles. The van der Waals surface area contributed by atoms with Gasteiger partial charge in [0.05, 0.1) is 16.9 Å². The van der Waals surface area contributed by atoms with Crippen molar-refractivity contribution in [2.75, 3.05) is 6.54 Å². The van der Waals surface area contributed by atoms with Gasteiger partial charge in [-0.15, -0.1) is 22.7 Å². The fourth-order valence-electron chi connectivity index (χ4n) is 1.89. The molecule has 0 aliphatic heterocycles. The van der Waals surface area contributed by atoms with Gasteiger partial charge in [0.1, 0.15) is 10.4 Å². The maximum atomic E-state index is 12.1. The van der Waals surface area contributed by atoms with Gasteiger partial charge in [-0.3, -0.25) is 14.2 Å². The van der Waals surface area contributed by atoms with Crippen LogP contribution in [0.15, 0.2) is 27.9 Å². The molecule has 0 fully saturated rings. The van der Waals surface area contributed by atoms with E-state index < -0.39 is 0 Å². The van der Waals surface area contributed by atoms with Crippen molar-refractivity contribution in [2.24, 2.45) is 0 Å². The second-order valence-corrected chi connectivity index (χ2v) is 6.36. The second-order valence-electron chi connectivity index (χ2n) is 4.39. The molecule has 1 N–H and O–H groups in total. The van der Waals surface area contributed by atoms with Crippen LogP contribution in [0, 0.1) is 6.92 Å². The Bertz CT molecular complexity index is 849. The zero-order chi connectivity index (χ0) is 14.8. The summed E-state index contributed by atoms with van der Waals surface area (Å²) >= 11 is 2.81. The topological polar surface area (TPSA) is 76.9 Å². The molecular formula is C13H12N4O2S2. The molecule has 0 atom stereocenters. The normalized spacial score (nSPS) is 10.9. The van der Waals surface area contributed by atoms with Gasteiger partial charge in [0.15, 0.2) is 0 Å². The summed E-state index contributed by atoms with van der Waals surface area (Å²) in [6, 6.07) is 1.82. The van der Waals surface area contributed by atoms with E-state index in [2.05, 4.69) is 15.3 Å². The molecule has 3 rings (SSSR count). The molecule has 108 valence electrons. The Morgan fingerprint density at radius 1 is 1.43 bits per heavy atom. The highest BCUT2D eigenvalue weighted by Gasteiger charge is 2.09. The first-order chi connectivity index (χ1) is 10.1. The summed E-state index contributed by atoms with van der Waals surface area (Å²) in [5, 5.41) is 7.16. The van der Waals surface area contributed by atoms with Gasteiger partial charge in [0.2, 0.25) is 0 Å². The molecule has 0 bridgehead atoms. The van der Waals surface area contributed by atoms with E-state index in [1.807, 2.05) is 18.4 Å². The van der Waals surface area contributed by atoms with Crippen LogP contribution in [-0.2, 0) is 6.54 Å². The highest BCUT2D eigenvalue weighted by Crippen LogP contribution is 2.13. The Morgan fingerprint density at radius 3 is 3.05 bits per heavy atom.